The summed E-state index contributed by atoms with van der Waals surface area (Å²) >= 11 is 3.31. The molecule has 0 bridgehead atoms. The Morgan fingerprint density at radius 3 is 3.20 bits per heavy atom. The van der Waals surface area contributed by atoms with Gasteiger partial charge in [0, 0.05) is 24.5 Å². The van der Waals surface area contributed by atoms with Crippen LogP contribution in [0.5, 0.6) is 0 Å². The number of thiophene rings is 2. The highest BCUT2D eigenvalue weighted by Crippen LogP contribution is 2.35. The minimum absolute atomic E-state index is 0.0746. The number of nitrogens with two attached hydrogens (primary N) is 1. The fourth-order valence-corrected chi connectivity index (χ4v) is 4.31. The third-order valence-electron chi connectivity index (χ3n) is 3.41. The maximum Gasteiger partial charge on any atom is 0.263 e. The van der Waals surface area contributed by atoms with E-state index in [-0.39, 0.29) is 5.91 Å². The fourth-order valence-electron chi connectivity index (χ4n) is 2.40. The van der Waals surface area contributed by atoms with E-state index in [1.165, 1.54) is 21.8 Å². The van der Waals surface area contributed by atoms with Crippen molar-refractivity contribution < 1.29 is 4.79 Å². The molecule has 0 atom stereocenters. The maximum absolute atomic E-state index is 11.9. The van der Waals surface area contributed by atoms with Crippen LogP contribution in [0.3, 0.4) is 0 Å². The lowest BCUT2D eigenvalue weighted by molar-refractivity contribution is 0.0960. The average Bonchev–Trinajstić information content (AvgIpc) is 3.04. The first-order chi connectivity index (χ1) is 9.69. The lowest BCUT2D eigenvalue weighted by Gasteiger charge is -2.27. The summed E-state index contributed by atoms with van der Waals surface area (Å²) in [7, 11) is 0. The molecule has 1 amide bonds. The summed E-state index contributed by atoms with van der Waals surface area (Å²) in [6, 6.07) is 4.11. The van der Waals surface area contributed by atoms with Crippen molar-refractivity contribution in [2.45, 2.75) is 19.9 Å². The van der Waals surface area contributed by atoms with Crippen molar-refractivity contribution in [3.63, 3.8) is 0 Å². The number of carbonyl (C=O) groups is 1. The van der Waals surface area contributed by atoms with E-state index in [1.54, 1.807) is 0 Å². The molecular weight excluding hydrogens is 290 g/mol. The van der Waals surface area contributed by atoms with Crippen LogP contribution in [-0.4, -0.2) is 19.0 Å². The standard InChI is InChI=1S/C14H17N3OS2/c1-2-16-14(18)13-10(15)7-12(20-13)17-5-3-11-9(8-17)4-6-19-11/h4,6-7H,2-3,5,8,15H2,1H3,(H,16,18). The van der Waals surface area contributed by atoms with Gasteiger partial charge in [0.25, 0.3) is 5.91 Å². The SMILES string of the molecule is CCNC(=O)c1sc(N2CCc3sccc3C2)cc1N. The van der Waals surface area contributed by atoms with E-state index in [9.17, 15) is 4.79 Å². The highest BCUT2D eigenvalue weighted by atomic mass is 32.1. The van der Waals surface area contributed by atoms with E-state index in [1.807, 2.05) is 24.3 Å². The minimum Gasteiger partial charge on any atom is -0.397 e. The second kappa shape index (κ2) is 5.46. The van der Waals surface area contributed by atoms with Crippen molar-refractivity contribution in [2.24, 2.45) is 0 Å². The van der Waals surface area contributed by atoms with Gasteiger partial charge in [-0.25, -0.2) is 0 Å². The van der Waals surface area contributed by atoms with Crippen molar-refractivity contribution in [3.8, 4) is 0 Å². The number of hydrogen-bond acceptors (Lipinski definition) is 5. The molecule has 0 radical (unpaired) electrons. The Bertz CT molecular complexity index is 632. The van der Waals surface area contributed by atoms with E-state index in [4.69, 9.17) is 5.73 Å². The average molecular weight is 307 g/mol. The molecule has 106 valence electrons. The monoisotopic (exact) mass is 307 g/mol. The zero-order valence-electron chi connectivity index (χ0n) is 11.3. The van der Waals surface area contributed by atoms with E-state index in [2.05, 4.69) is 21.7 Å². The summed E-state index contributed by atoms with van der Waals surface area (Å²) in [5, 5.41) is 6.04. The first-order valence-corrected chi connectivity index (χ1v) is 8.36. The first kappa shape index (κ1) is 13.5. The molecule has 0 aliphatic carbocycles. The normalized spacial score (nSPS) is 14.2. The van der Waals surface area contributed by atoms with Crippen LogP contribution >= 0.6 is 22.7 Å². The second-order valence-corrected chi connectivity index (χ2v) is 6.80. The summed E-state index contributed by atoms with van der Waals surface area (Å²) in [6.45, 7) is 4.43. The third-order valence-corrected chi connectivity index (χ3v) is 5.64. The van der Waals surface area contributed by atoms with E-state index in [0.717, 1.165) is 24.5 Å². The Morgan fingerprint density at radius 1 is 1.55 bits per heavy atom. The number of fused-ring (bicyclic) bond motifs is 1. The van der Waals surface area contributed by atoms with Gasteiger partial charge in [0.15, 0.2) is 0 Å². The van der Waals surface area contributed by atoms with Gasteiger partial charge in [-0.3, -0.25) is 4.79 Å². The van der Waals surface area contributed by atoms with Crippen LogP contribution in [0.4, 0.5) is 10.7 Å². The zero-order valence-corrected chi connectivity index (χ0v) is 12.9. The lowest BCUT2D eigenvalue weighted by Crippen LogP contribution is -2.28. The van der Waals surface area contributed by atoms with Gasteiger partial charge in [-0.1, -0.05) is 0 Å². The maximum atomic E-state index is 11.9. The zero-order chi connectivity index (χ0) is 14.1. The molecule has 2 aromatic heterocycles. The second-order valence-electron chi connectivity index (χ2n) is 4.77. The molecule has 3 rings (SSSR count). The Morgan fingerprint density at radius 2 is 2.40 bits per heavy atom. The number of amides is 1. The highest BCUT2D eigenvalue weighted by molar-refractivity contribution is 7.18. The molecule has 0 fully saturated rings. The van der Waals surface area contributed by atoms with Gasteiger partial charge < -0.3 is 16.0 Å². The van der Waals surface area contributed by atoms with Crippen molar-refractivity contribution in [1.82, 2.24) is 5.32 Å². The molecule has 2 aromatic rings. The Labute approximate surface area is 126 Å². The molecule has 20 heavy (non-hydrogen) atoms. The van der Waals surface area contributed by atoms with Crippen LogP contribution in [0, 0.1) is 0 Å². The van der Waals surface area contributed by atoms with Gasteiger partial charge in [0.05, 0.1) is 10.7 Å². The number of nitrogens with one attached hydrogen (secondary N) is 1. The number of hydrogen-bond donors (Lipinski definition) is 2. The fraction of sp³-hybridized carbons (Fsp3) is 0.357. The van der Waals surface area contributed by atoms with Gasteiger partial charge >= 0.3 is 0 Å². The molecular formula is C14H17N3OS2. The smallest absolute Gasteiger partial charge is 0.263 e. The molecule has 0 aromatic carbocycles. The Hall–Kier alpha value is -1.53. The summed E-state index contributed by atoms with van der Waals surface area (Å²) in [4.78, 5) is 16.3. The molecule has 0 unspecified atom stereocenters. The molecule has 6 heteroatoms. The van der Waals surface area contributed by atoms with Crippen LogP contribution in [0.25, 0.3) is 0 Å². The largest absolute Gasteiger partial charge is 0.397 e. The molecule has 0 spiro atoms. The molecule has 3 heterocycles. The van der Waals surface area contributed by atoms with Crippen molar-refractivity contribution >= 4 is 39.3 Å². The molecule has 0 saturated heterocycles. The Kier molecular flexibility index (Phi) is 3.67. The quantitative estimate of drug-likeness (QED) is 0.916. The summed E-state index contributed by atoms with van der Waals surface area (Å²) in [5.74, 6) is -0.0746. The van der Waals surface area contributed by atoms with Crippen molar-refractivity contribution in [3.05, 3.63) is 32.8 Å². The van der Waals surface area contributed by atoms with E-state index < -0.39 is 0 Å². The van der Waals surface area contributed by atoms with E-state index in [0.29, 0.717) is 17.1 Å². The van der Waals surface area contributed by atoms with Crippen LogP contribution in [0.1, 0.15) is 27.0 Å². The Balaban J connectivity index is 1.82. The van der Waals surface area contributed by atoms with Crippen LogP contribution in [-0.2, 0) is 13.0 Å². The van der Waals surface area contributed by atoms with Crippen LogP contribution in [0.15, 0.2) is 17.5 Å². The van der Waals surface area contributed by atoms with Gasteiger partial charge in [0.2, 0.25) is 0 Å². The van der Waals surface area contributed by atoms with Gasteiger partial charge in [-0.05, 0) is 36.4 Å². The van der Waals surface area contributed by atoms with E-state index >= 15 is 0 Å². The van der Waals surface area contributed by atoms with Gasteiger partial charge in [-0.15, -0.1) is 22.7 Å². The lowest BCUT2D eigenvalue weighted by atomic mass is 10.1. The summed E-state index contributed by atoms with van der Waals surface area (Å²) in [6.07, 6.45) is 1.07. The van der Waals surface area contributed by atoms with Crippen molar-refractivity contribution in [2.75, 3.05) is 23.7 Å². The van der Waals surface area contributed by atoms with Crippen LogP contribution in [0.2, 0.25) is 0 Å². The molecule has 3 N–H and O–H groups in total. The highest BCUT2D eigenvalue weighted by Gasteiger charge is 2.21. The summed E-state index contributed by atoms with van der Waals surface area (Å²) in [5.41, 5.74) is 7.95. The summed E-state index contributed by atoms with van der Waals surface area (Å²) < 4.78 is 0. The predicted octanol–water partition coefficient (Wildman–Crippen LogP) is 2.70. The number of nitrogen functional groups attached to an aromatic ring is 1. The number of carbonyl (C=O) groups excluding carboxylic acids is 1. The number of anilines is 2. The molecule has 1 aliphatic heterocycles. The van der Waals surface area contributed by atoms with Crippen LogP contribution < -0.4 is 16.0 Å². The van der Waals surface area contributed by atoms with Gasteiger partial charge in [0.1, 0.15) is 4.88 Å². The minimum atomic E-state index is -0.0746. The topological polar surface area (TPSA) is 58.4 Å². The van der Waals surface area contributed by atoms with Crippen molar-refractivity contribution in [1.29, 1.82) is 0 Å². The molecule has 0 saturated carbocycles. The van der Waals surface area contributed by atoms with Gasteiger partial charge in [-0.2, -0.15) is 0 Å². The first-order valence-electron chi connectivity index (χ1n) is 6.66. The number of rotatable bonds is 3. The number of nitrogens with zero attached hydrogens (tertiary/aromatic N) is 1. The third kappa shape index (κ3) is 2.41. The molecule has 4 nitrogen and oxygen atoms in total. The predicted molar refractivity (Wildman–Crippen MR) is 85.8 cm³/mol. The molecule has 1 aliphatic rings.